The molecule has 35 heavy (non-hydrogen) atoms. The van der Waals surface area contributed by atoms with Crippen LogP contribution in [0.15, 0.2) is 66.7 Å². The van der Waals surface area contributed by atoms with Crippen LogP contribution >= 0.6 is 0 Å². The van der Waals surface area contributed by atoms with Crippen molar-refractivity contribution in [3.05, 3.63) is 109 Å². The highest BCUT2D eigenvalue weighted by atomic mass is 16.6. The second-order valence-corrected chi connectivity index (χ2v) is 7.23. The van der Waals surface area contributed by atoms with Crippen molar-refractivity contribution in [3.8, 4) is 0 Å². The van der Waals surface area contributed by atoms with Gasteiger partial charge in [0.1, 0.15) is 5.56 Å². The zero-order chi connectivity index (χ0) is 25.3. The average molecular weight is 475 g/mol. The molecule has 0 saturated carbocycles. The molecule has 2 amide bonds. The molecule has 0 radical (unpaired) electrons. The Morgan fingerprint density at radius 3 is 2.29 bits per heavy atom. The Hall–Kier alpha value is -5.26. The lowest BCUT2D eigenvalue weighted by molar-refractivity contribution is -0.385. The van der Waals surface area contributed by atoms with Gasteiger partial charge < -0.3 is 4.74 Å². The molecule has 12 nitrogen and oxygen atoms in total. The summed E-state index contributed by atoms with van der Waals surface area (Å²) >= 11 is 0. The molecule has 0 aliphatic carbocycles. The van der Waals surface area contributed by atoms with Gasteiger partial charge in [-0.15, -0.1) is 0 Å². The summed E-state index contributed by atoms with van der Waals surface area (Å²) in [4.78, 5) is 72.4. The molecule has 0 aromatic heterocycles. The maximum atomic E-state index is 13.0. The van der Waals surface area contributed by atoms with Crippen LogP contribution in [0.25, 0.3) is 0 Å². The monoisotopic (exact) mass is 475 g/mol. The number of nitro benzene ring substituents is 2. The maximum absolute atomic E-state index is 13.0. The normalized spacial score (nSPS) is 12.3. The van der Waals surface area contributed by atoms with Crippen molar-refractivity contribution >= 4 is 40.6 Å². The fourth-order valence-electron chi connectivity index (χ4n) is 3.56. The molecule has 12 heteroatoms. The number of hydrogen-bond donors (Lipinski definition) is 0. The molecule has 4 rings (SSSR count). The van der Waals surface area contributed by atoms with Crippen LogP contribution in [-0.4, -0.2) is 40.0 Å². The van der Waals surface area contributed by atoms with Gasteiger partial charge in [0.15, 0.2) is 6.61 Å². The van der Waals surface area contributed by atoms with Crippen LogP contribution in [0.2, 0.25) is 0 Å². The second kappa shape index (κ2) is 8.94. The van der Waals surface area contributed by atoms with Crippen molar-refractivity contribution in [2.24, 2.45) is 0 Å². The van der Waals surface area contributed by atoms with E-state index >= 15 is 0 Å². The van der Waals surface area contributed by atoms with Crippen molar-refractivity contribution in [1.82, 2.24) is 0 Å². The molecule has 1 aliphatic heterocycles. The van der Waals surface area contributed by atoms with E-state index in [2.05, 4.69) is 0 Å². The van der Waals surface area contributed by atoms with Gasteiger partial charge in [0, 0.05) is 23.8 Å². The molecule has 0 atom stereocenters. The number of nitro groups is 2. The molecule has 0 unspecified atom stereocenters. The Labute approximate surface area is 195 Å². The zero-order valence-electron chi connectivity index (χ0n) is 17.6. The summed E-state index contributed by atoms with van der Waals surface area (Å²) in [6, 6.07) is 13.9. The first kappa shape index (κ1) is 22.9. The first-order valence-corrected chi connectivity index (χ1v) is 9.90. The van der Waals surface area contributed by atoms with Gasteiger partial charge in [-0.3, -0.25) is 34.6 Å². The molecule has 0 saturated heterocycles. The van der Waals surface area contributed by atoms with Crippen LogP contribution in [0.1, 0.15) is 41.4 Å². The highest BCUT2D eigenvalue weighted by molar-refractivity contribution is 6.36. The highest BCUT2D eigenvalue weighted by Gasteiger charge is 2.43. The van der Waals surface area contributed by atoms with E-state index in [0.717, 1.165) is 12.1 Å². The molecular weight excluding hydrogens is 462 g/mol. The third kappa shape index (κ3) is 4.11. The summed E-state index contributed by atoms with van der Waals surface area (Å²) < 4.78 is 5.04. The number of hydrogen-bond acceptors (Lipinski definition) is 9. The van der Waals surface area contributed by atoms with Gasteiger partial charge in [0.2, 0.25) is 5.78 Å². The summed E-state index contributed by atoms with van der Waals surface area (Å²) in [6.45, 7) is -0.762. The van der Waals surface area contributed by atoms with E-state index in [4.69, 9.17) is 4.74 Å². The summed E-state index contributed by atoms with van der Waals surface area (Å²) in [5, 5.41) is 22.2. The maximum Gasteiger partial charge on any atom is 0.340 e. The minimum absolute atomic E-state index is 0.0482. The fraction of sp³-hybridized carbons (Fsp3) is 0.0435. The van der Waals surface area contributed by atoms with Crippen molar-refractivity contribution in [2.45, 2.75) is 0 Å². The minimum atomic E-state index is -1.05. The van der Waals surface area contributed by atoms with E-state index in [-0.39, 0.29) is 28.1 Å². The van der Waals surface area contributed by atoms with Crippen molar-refractivity contribution in [3.63, 3.8) is 0 Å². The van der Waals surface area contributed by atoms with Gasteiger partial charge in [-0.1, -0.05) is 30.3 Å². The molecule has 0 N–H and O–H groups in total. The van der Waals surface area contributed by atoms with Gasteiger partial charge in [-0.05, 0) is 18.2 Å². The SMILES string of the molecule is O=C(COC(=O)c1ccccc1N1C(=O)c2cccc([N+](=O)[O-])c2C1=O)c1cccc([N+](=O)[O-])c1. The number of Topliss-reactive ketones (excluding diaryl/α,β-unsaturated/α-hetero) is 1. The number of anilines is 1. The zero-order valence-corrected chi connectivity index (χ0v) is 17.6. The first-order valence-electron chi connectivity index (χ1n) is 9.90. The Morgan fingerprint density at radius 2 is 1.57 bits per heavy atom. The standard InChI is InChI=1S/C23H13N3O9/c27-19(13-5-3-6-14(11-13)25(31)32)12-35-23(30)15-7-1-2-9-17(15)24-21(28)16-8-4-10-18(26(33)34)20(16)22(24)29/h1-11H,12H2. The average Bonchev–Trinajstić information content (AvgIpc) is 3.12. The molecule has 1 aliphatic rings. The van der Waals surface area contributed by atoms with Gasteiger partial charge in [0.25, 0.3) is 23.2 Å². The number of carbonyl (C=O) groups is 4. The van der Waals surface area contributed by atoms with Crippen LogP contribution in [0.3, 0.4) is 0 Å². The van der Waals surface area contributed by atoms with E-state index in [1.54, 1.807) is 0 Å². The summed E-state index contributed by atoms with van der Waals surface area (Å²) in [7, 11) is 0. The Bertz CT molecular complexity index is 1450. The van der Waals surface area contributed by atoms with E-state index in [9.17, 15) is 39.4 Å². The number of fused-ring (bicyclic) bond motifs is 1. The van der Waals surface area contributed by atoms with Crippen LogP contribution in [0.5, 0.6) is 0 Å². The summed E-state index contributed by atoms with van der Waals surface area (Å²) in [5.41, 5.74) is -1.91. The number of carbonyl (C=O) groups excluding carboxylic acids is 4. The molecule has 1 heterocycles. The number of rotatable bonds is 7. The largest absolute Gasteiger partial charge is 0.454 e. The number of imide groups is 1. The van der Waals surface area contributed by atoms with E-state index < -0.39 is 51.3 Å². The third-order valence-electron chi connectivity index (χ3n) is 5.17. The summed E-state index contributed by atoms with van der Waals surface area (Å²) in [6.07, 6.45) is 0. The lowest BCUT2D eigenvalue weighted by Crippen LogP contribution is -2.31. The topological polar surface area (TPSA) is 167 Å². The molecule has 3 aromatic rings. The lowest BCUT2D eigenvalue weighted by atomic mass is 10.1. The van der Waals surface area contributed by atoms with Gasteiger partial charge in [0.05, 0.1) is 26.7 Å². The van der Waals surface area contributed by atoms with E-state index in [1.807, 2.05) is 0 Å². The van der Waals surface area contributed by atoms with Crippen molar-refractivity contribution in [1.29, 1.82) is 0 Å². The van der Waals surface area contributed by atoms with Gasteiger partial charge in [-0.2, -0.15) is 0 Å². The Morgan fingerprint density at radius 1 is 0.857 bits per heavy atom. The van der Waals surface area contributed by atoms with Crippen LogP contribution in [0.4, 0.5) is 17.1 Å². The Balaban J connectivity index is 1.59. The van der Waals surface area contributed by atoms with Gasteiger partial charge in [-0.25, -0.2) is 9.69 Å². The molecule has 3 aromatic carbocycles. The number of para-hydroxylation sites is 1. The highest BCUT2D eigenvalue weighted by Crippen LogP contribution is 2.35. The number of benzene rings is 3. The number of nitrogens with zero attached hydrogens (tertiary/aromatic N) is 3. The quantitative estimate of drug-likeness (QED) is 0.164. The number of esters is 1. The minimum Gasteiger partial charge on any atom is -0.454 e. The molecule has 0 spiro atoms. The molecule has 0 fully saturated rings. The molecule has 174 valence electrons. The number of non-ortho nitro benzene ring substituents is 1. The fourth-order valence-corrected chi connectivity index (χ4v) is 3.56. The van der Waals surface area contributed by atoms with E-state index in [0.29, 0.717) is 4.90 Å². The van der Waals surface area contributed by atoms with Crippen LogP contribution < -0.4 is 4.90 Å². The van der Waals surface area contributed by atoms with Crippen LogP contribution in [0, 0.1) is 20.2 Å². The van der Waals surface area contributed by atoms with E-state index in [1.165, 1.54) is 54.6 Å². The smallest absolute Gasteiger partial charge is 0.340 e. The van der Waals surface area contributed by atoms with Gasteiger partial charge >= 0.3 is 5.97 Å². The summed E-state index contributed by atoms with van der Waals surface area (Å²) in [5.74, 6) is -3.60. The second-order valence-electron chi connectivity index (χ2n) is 7.23. The van der Waals surface area contributed by atoms with Crippen molar-refractivity contribution in [2.75, 3.05) is 11.5 Å². The predicted octanol–water partition coefficient (Wildman–Crippen LogP) is 3.34. The molecular formula is C23H13N3O9. The third-order valence-corrected chi connectivity index (χ3v) is 5.17. The number of amides is 2. The predicted molar refractivity (Wildman–Crippen MR) is 118 cm³/mol. The first-order chi connectivity index (χ1) is 16.7. The number of ketones is 1. The Kier molecular flexibility index (Phi) is 5.85. The lowest BCUT2D eigenvalue weighted by Gasteiger charge is -2.17. The number of ether oxygens (including phenoxy) is 1. The van der Waals surface area contributed by atoms with Crippen molar-refractivity contribution < 1.29 is 33.8 Å². The molecule has 0 bridgehead atoms. The van der Waals surface area contributed by atoms with Crippen LogP contribution in [-0.2, 0) is 4.74 Å².